The SMILES string of the molecule is Cc1ccc(C=CC(=O)OC(C)C(=O)Nc2ccc(S(N)(=O)=O)cc2)o1. The lowest BCUT2D eigenvalue weighted by Gasteiger charge is -2.12. The van der Waals surface area contributed by atoms with Gasteiger partial charge < -0.3 is 14.5 Å². The van der Waals surface area contributed by atoms with Gasteiger partial charge in [-0.3, -0.25) is 4.79 Å². The number of aryl methyl sites for hydroxylation is 1. The molecule has 0 fully saturated rings. The van der Waals surface area contributed by atoms with Gasteiger partial charge in [0.2, 0.25) is 10.0 Å². The zero-order chi connectivity index (χ0) is 19.3. The van der Waals surface area contributed by atoms with E-state index in [1.807, 2.05) is 0 Å². The summed E-state index contributed by atoms with van der Waals surface area (Å²) >= 11 is 0. The van der Waals surface area contributed by atoms with Crippen molar-refractivity contribution in [3.8, 4) is 0 Å². The molecular weight excluding hydrogens is 360 g/mol. The number of amides is 1. The minimum absolute atomic E-state index is 0.0757. The van der Waals surface area contributed by atoms with Gasteiger partial charge in [-0.15, -0.1) is 0 Å². The van der Waals surface area contributed by atoms with Crippen molar-refractivity contribution in [2.45, 2.75) is 24.8 Å². The molecule has 0 saturated carbocycles. The number of hydrogen-bond donors (Lipinski definition) is 2. The van der Waals surface area contributed by atoms with E-state index in [9.17, 15) is 18.0 Å². The van der Waals surface area contributed by atoms with Gasteiger partial charge in [-0.25, -0.2) is 18.4 Å². The third-order valence-corrected chi connectivity index (χ3v) is 4.19. The summed E-state index contributed by atoms with van der Waals surface area (Å²) in [5.74, 6) is -0.0686. The second-order valence-corrected chi connectivity index (χ2v) is 6.98. The van der Waals surface area contributed by atoms with E-state index in [1.54, 1.807) is 19.1 Å². The molecule has 3 N–H and O–H groups in total. The van der Waals surface area contributed by atoms with Crippen molar-refractivity contribution in [1.82, 2.24) is 0 Å². The van der Waals surface area contributed by atoms with Crippen molar-refractivity contribution in [2.24, 2.45) is 5.14 Å². The molecule has 8 nitrogen and oxygen atoms in total. The Morgan fingerprint density at radius 3 is 2.38 bits per heavy atom. The predicted octanol–water partition coefficient (Wildman–Crippen LogP) is 1.82. The van der Waals surface area contributed by atoms with Gasteiger partial charge in [0.05, 0.1) is 4.90 Å². The lowest BCUT2D eigenvalue weighted by Crippen LogP contribution is -2.29. The molecule has 0 bridgehead atoms. The molecule has 1 heterocycles. The zero-order valence-electron chi connectivity index (χ0n) is 14.1. The van der Waals surface area contributed by atoms with Gasteiger partial charge in [0.25, 0.3) is 5.91 Å². The first-order valence-corrected chi connectivity index (χ1v) is 9.08. The van der Waals surface area contributed by atoms with E-state index in [1.165, 1.54) is 37.3 Å². The molecule has 0 radical (unpaired) electrons. The molecule has 138 valence electrons. The van der Waals surface area contributed by atoms with E-state index in [4.69, 9.17) is 14.3 Å². The summed E-state index contributed by atoms with van der Waals surface area (Å²) in [6, 6.07) is 8.73. The summed E-state index contributed by atoms with van der Waals surface area (Å²) in [4.78, 5) is 23.7. The first kappa shape index (κ1) is 19.4. The Hall–Kier alpha value is -2.91. The molecule has 26 heavy (non-hydrogen) atoms. The number of esters is 1. The lowest BCUT2D eigenvalue weighted by atomic mass is 10.3. The number of rotatable bonds is 6. The zero-order valence-corrected chi connectivity index (χ0v) is 14.9. The van der Waals surface area contributed by atoms with Crippen LogP contribution < -0.4 is 10.5 Å². The minimum atomic E-state index is -3.81. The molecule has 9 heteroatoms. The number of carbonyl (C=O) groups excluding carboxylic acids is 2. The van der Waals surface area contributed by atoms with Gasteiger partial charge in [-0.2, -0.15) is 0 Å². The fourth-order valence-corrected chi connectivity index (χ4v) is 2.45. The number of anilines is 1. The summed E-state index contributed by atoms with van der Waals surface area (Å²) in [7, 11) is -3.81. The maximum atomic E-state index is 12.0. The average Bonchev–Trinajstić information content (AvgIpc) is 2.98. The number of carbonyl (C=O) groups is 2. The Labute approximate surface area is 150 Å². The number of sulfonamides is 1. The van der Waals surface area contributed by atoms with Crippen LogP contribution >= 0.6 is 0 Å². The third-order valence-electron chi connectivity index (χ3n) is 3.26. The average molecular weight is 378 g/mol. The Balaban J connectivity index is 1.90. The van der Waals surface area contributed by atoms with Crippen LogP contribution in [-0.2, 0) is 24.3 Å². The Morgan fingerprint density at radius 1 is 1.19 bits per heavy atom. The van der Waals surface area contributed by atoms with E-state index in [0.29, 0.717) is 17.2 Å². The van der Waals surface area contributed by atoms with Crippen LogP contribution in [0.3, 0.4) is 0 Å². The van der Waals surface area contributed by atoms with Crippen LogP contribution in [0.25, 0.3) is 6.08 Å². The van der Waals surface area contributed by atoms with E-state index >= 15 is 0 Å². The van der Waals surface area contributed by atoms with Crippen molar-refractivity contribution >= 4 is 33.7 Å². The second kappa shape index (κ2) is 7.98. The number of nitrogens with two attached hydrogens (primary N) is 1. The van der Waals surface area contributed by atoms with Gasteiger partial charge in [0.15, 0.2) is 6.10 Å². The number of ether oxygens (including phenoxy) is 1. The van der Waals surface area contributed by atoms with Crippen LogP contribution in [0.15, 0.2) is 51.8 Å². The summed E-state index contributed by atoms with van der Waals surface area (Å²) in [6.07, 6.45) is 1.54. The summed E-state index contributed by atoms with van der Waals surface area (Å²) in [6.45, 7) is 3.19. The first-order chi connectivity index (χ1) is 12.1. The Kier molecular flexibility index (Phi) is 5.96. The fourth-order valence-electron chi connectivity index (χ4n) is 1.93. The smallest absolute Gasteiger partial charge is 0.331 e. The Bertz CT molecular complexity index is 928. The lowest BCUT2D eigenvalue weighted by molar-refractivity contribution is -0.148. The maximum Gasteiger partial charge on any atom is 0.331 e. The van der Waals surface area contributed by atoms with Gasteiger partial charge >= 0.3 is 5.97 Å². The van der Waals surface area contributed by atoms with Crippen molar-refractivity contribution in [3.63, 3.8) is 0 Å². The fraction of sp³-hybridized carbons (Fsp3) is 0.176. The predicted molar refractivity (Wildman–Crippen MR) is 94.5 cm³/mol. The van der Waals surface area contributed by atoms with E-state index in [-0.39, 0.29) is 4.90 Å². The van der Waals surface area contributed by atoms with E-state index in [0.717, 1.165) is 6.08 Å². The van der Waals surface area contributed by atoms with Crippen LogP contribution in [0.4, 0.5) is 5.69 Å². The van der Waals surface area contributed by atoms with Crippen LogP contribution in [0.1, 0.15) is 18.4 Å². The highest BCUT2D eigenvalue weighted by Gasteiger charge is 2.17. The summed E-state index contributed by atoms with van der Waals surface area (Å²) in [5.41, 5.74) is 0.340. The minimum Gasteiger partial charge on any atom is -0.462 e. The number of benzene rings is 1. The van der Waals surface area contributed by atoms with Crippen LogP contribution in [-0.4, -0.2) is 26.4 Å². The van der Waals surface area contributed by atoms with Crippen LogP contribution in [0, 0.1) is 6.92 Å². The molecule has 2 aromatic rings. The van der Waals surface area contributed by atoms with Crippen LogP contribution in [0.5, 0.6) is 0 Å². The highest BCUT2D eigenvalue weighted by atomic mass is 32.2. The number of primary sulfonamides is 1. The molecule has 1 amide bonds. The first-order valence-electron chi connectivity index (χ1n) is 7.54. The van der Waals surface area contributed by atoms with Gasteiger partial charge in [0.1, 0.15) is 11.5 Å². The molecule has 0 spiro atoms. The van der Waals surface area contributed by atoms with E-state index < -0.39 is 28.0 Å². The van der Waals surface area contributed by atoms with Crippen molar-refractivity contribution < 1.29 is 27.2 Å². The molecule has 1 aromatic heterocycles. The topological polar surface area (TPSA) is 129 Å². The number of nitrogens with one attached hydrogen (secondary N) is 1. The third kappa shape index (κ3) is 5.57. The molecule has 1 aromatic carbocycles. The maximum absolute atomic E-state index is 12.0. The van der Waals surface area contributed by atoms with Gasteiger partial charge in [0, 0.05) is 11.8 Å². The Morgan fingerprint density at radius 2 is 1.85 bits per heavy atom. The normalized spacial score (nSPS) is 12.7. The molecule has 1 unspecified atom stereocenters. The van der Waals surface area contributed by atoms with Crippen molar-refractivity contribution in [1.29, 1.82) is 0 Å². The molecule has 1 atom stereocenters. The standard InChI is InChI=1S/C17H18N2O6S/c1-11-3-6-14(24-11)7-10-16(20)25-12(2)17(21)19-13-4-8-15(9-5-13)26(18,22)23/h3-10,12H,1-2H3,(H,19,21)(H2,18,22,23). The molecule has 0 saturated heterocycles. The quantitative estimate of drug-likeness (QED) is 0.583. The van der Waals surface area contributed by atoms with Crippen molar-refractivity contribution in [2.75, 3.05) is 5.32 Å². The molecule has 2 rings (SSSR count). The molecule has 0 aliphatic rings. The van der Waals surface area contributed by atoms with Gasteiger partial charge in [-0.1, -0.05) is 0 Å². The molecular formula is C17H18N2O6S. The largest absolute Gasteiger partial charge is 0.462 e. The highest BCUT2D eigenvalue weighted by molar-refractivity contribution is 7.89. The second-order valence-electron chi connectivity index (χ2n) is 5.42. The van der Waals surface area contributed by atoms with Gasteiger partial charge in [-0.05, 0) is 56.3 Å². The number of hydrogen-bond acceptors (Lipinski definition) is 6. The summed E-state index contributed by atoms with van der Waals surface area (Å²) in [5, 5.41) is 7.51. The van der Waals surface area contributed by atoms with E-state index in [2.05, 4.69) is 5.32 Å². The molecule has 0 aliphatic carbocycles. The van der Waals surface area contributed by atoms with Crippen LogP contribution in [0.2, 0.25) is 0 Å². The highest BCUT2D eigenvalue weighted by Crippen LogP contribution is 2.13. The monoisotopic (exact) mass is 378 g/mol. The summed E-state index contributed by atoms with van der Waals surface area (Å²) < 4.78 is 32.6. The van der Waals surface area contributed by atoms with Crippen molar-refractivity contribution in [3.05, 3.63) is 54.0 Å². The molecule has 0 aliphatic heterocycles. The number of furan rings is 1.